The van der Waals surface area contributed by atoms with Gasteiger partial charge in [0.15, 0.2) is 0 Å². The number of nitrogens with zero attached hydrogens (tertiary/aromatic N) is 2. The van der Waals surface area contributed by atoms with E-state index in [1.54, 1.807) is 0 Å². The van der Waals surface area contributed by atoms with Gasteiger partial charge < -0.3 is 5.73 Å². The highest BCUT2D eigenvalue weighted by Gasteiger charge is 2.22. The summed E-state index contributed by atoms with van der Waals surface area (Å²) in [6.07, 6.45) is 1.67. The molecule has 17 heavy (non-hydrogen) atoms. The largest absolute Gasteiger partial charge is 0.368 e. The average molecular weight is 292 g/mol. The van der Waals surface area contributed by atoms with Crippen molar-refractivity contribution in [3.05, 3.63) is 45.9 Å². The van der Waals surface area contributed by atoms with E-state index in [4.69, 9.17) is 5.73 Å². The van der Waals surface area contributed by atoms with Gasteiger partial charge in [-0.2, -0.15) is 0 Å². The zero-order valence-corrected chi connectivity index (χ0v) is 10.6. The van der Waals surface area contributed by atoms with Gasteiger partial charge in [0, 0.05) is 0 Å². The number of nitrogen functional groups attached to an aromatic ring is 1. The van der Waals surface area contributed by atoms with Gasteiger partial charge in [-0.15, -0.1) is 0 Å². The zero-order chi connectivity index (χ0) is 12.0. The van der Waals surface area contributed by atoms with E-state index in [1.165, 1.54) is 9.16 Å². The number of hydrogen-bond acceptors (Lipinski definition) is 3. The van der Waals surface area contributed by atoms with Gasteiger partial charge >= 0.3 is 0 Å². The van der Waals surface area contributed by atoms with E-state index < -0.39 is 0 Å². The summed E-state index contributed by atoms with van der Waals surface area (Å²) in [5, 5.41) is 0. The quantitative estimate of drug-likeness (QED) is 0.804. The van der Waals surface area contributed by atoms with Crippen LogP contribution in [0.1, 0.15) is 11.3 Å². The molecule has 1 aliphatic rings. The fourth-order valence-electron chi connectivity index (χ4n) is 2.25. The summed E-state index contributed by atoms with van der Waals surface area (Å²) >= 11 is 3.13. The molecule has 0 aliphatic heterocycles. The molecule has 86 valence electrons. The molecule has 0 atom stereocenters. The number of rotatable bonds is 0. The van der Waals surface area contributed by atoms with E-state index in [0.717, 1.165) is 24.1 Å². The Balaban J connectivity index is 2.40. The van der Waals surface area contributed by atoms with Crippen LogP contribution in [0.25, 0.3) is 11.1 Å². The predicted octanol–water partition coefficient (Wildman–Crippen LogP) is 1.75. The van der Waals surface area contributed by atoms with Gasteiger partial charge in [-0.3, -0.25) is 4.79 Å². The molecular formula is C12H10BrN3O. The summed E-state index contributed by atoms with van der Waals surface area (Å²) < 4.78 is 1.22. The van der Waals surface area contributed by atoms with Crippen molar-refractivity contribution in [2.75, 3.05) is 5.73 Å². The molecule has 1 aromatic heterocycles. The molecule has 1 aromatic carbocycles. The number of nitrogens with two attached hydrogens (primary N) is 1. The molecule has 1 aliphatic carbocycles. The van der Waals surface area contributed by atoms with E-state index in [0.29, 0.717) is 5.56 Å². The lowest BCUT2D eigenvalue weighted by Crippen LogP contribution is -2.24. The summed E-state index contributed by atoms with van der Waals surface area (Å²) in [5.41, 5.74) is 9.15. The molecule has 0 spiro atoms. The van der Waals surface area contributed by atoms with Crippen molar-refractivity contribution in [1.29, 1.82) is 0 Å². The van der Waals surface area contributed by atoms with Crippen molar-refractivity contribution < 1.29 is 0 Å². The Hall–Kier alpha value is -1.62. The maximum Gasteiger partial charge on any atom is 0.273 e. The average Bonchev–Trinajstić information content (AvgIpc) is 2.35. The second-order valence-corrected chi connectivity index (χ2v) is 4.74. The van der Waals surface area contributed by atoms with Crippen LogP contribution in [0, 0.1) is 0 Å². The Morgan fingerprint density at radius 3 is 2.88 bits per heavy atom. The van der Waals surface area contributed by atoms with Crippen LogP contribution in [-0.2, 0) is 12.8 Å². The van der Waals surface area contributed by atoms with Crippen molar-refractivity contribution in [2.24, 2.45) is 0 Å². The van der Waals surface area contributed by atoms with E-state index in [1.807, 2.05) is 24.3 Å². The molecule has 0 fully saturated rings. The molecule has 0 saturated heterocycles. The molecule has 4 nitrogen and oxygen atoms in total. The smallest absolute Gasteiger partial charge is 0.273 e. The highest BCUT2D eigenvalue weighted by molar-refractivity contribution is 9.08. The molecule has 2 N–H and O–H groups in total. The van der Waals surface area contributed by atoms with E-state index in [2.05, 4.69) is 21.1 Å². The molecule has 0 amide bonds. The Morgan fingerprint density at radius 2 is 2.06 bits per heavy atom. The van der Waals surface area contributed by atoms with Gasteiger partial charge in [-0.05, 0) is 24.0 Å². The van der Waals surface area contributed by atoms with Crippen molar-refractivity contribution >= 4 is 22.1 Å². The topological polar surface area (TPSA) is 60.9 Å². The molecule has 0 radical (unpaired) electrons. The number of benzene rings is 1. The number of fused-ring (bicyclic) bond motifs is 3. The zero-order valence-electron chi connectivity index (χ0n) is 8.98. The van der Waals surface area contributed by atoms with Crippen LogP contribution in [0.15, 0.2) is 29.1 Å². The summed E-state index contributed by atoms with van der Waals surface area (Å²) in [7, 11) is 0. The van der Waals surface area contributed by atoms with E-state index in [9.17, 15) is 4.79 Å². The lowest BCUT2D eigenvalue weighted by molar-refractivity contribution is 0.875. The molecule has 5 heteroatoms. The molecule has 2 aromatic rings. The minimum Gasteiger partial charge on any atom is -0.368 e. The highest BCUT2D eigenvalue weighted by Crippen LogP contribution is 2.30. The summed E-state index contributed by atoms with van der Waals surface area (Å²) in [6.45, 7) is 0. The third-order valence-corrected chi connectivity index (χ3v) is 3.73. The van der Waals surface area contributed by atoms with Gasteiger partial charge in [-0.1, -0.05) is 24.3 Å². The van der Waals surface area contributed by atoms with Crippen LogP contribution in [0.2, 0.25) is 0 Å². The van der Waals surface area contributed by atoms with Crippen molar-refractivity contribution in [3.63, 3.8) is 0 Å². The molecule has 1 heterocycles. The third-order valence-electron chi connectivity index (χ3n) is 3.05. The minimum absolute atomic E-state index is 0.139. The van der Waals surface area contributed by atoms with Gasteiger partial charge in [0.05, 0.1) is 27.4 Å². The Kier molecular flexibility index (Phi) is 2.29. The molecule has 0 bridgehead atoms. The Morgan fingerprint density at radius 1 is 1.29 bits per heavy atom. The second-order valence-electron chi connectivity index (χ2n) is 4.03. The predicted molar refractivity (Wildman–Crippen MR) is 70.1 cm³/mol. The first kappa shape index (κ1) is 10.5. The molecular weight excluding hydrogens is 282 g/mol. The monoisotopic (exact) mass is 291 g/mol. The number of hydrogen-bond donors (Lipinski definition) is 1. The summed E-state index contributed by atoms with van der Waals surface area (Å²) in [4.78, 5) is 16.5. The van der Waals surface area contributed by atoms with Gasteiger partial charge in [-0.25, -0.2) is 8.58 Å². The van der Waals surface area contributed by atoms with Gasteiger partial charge in [0.25, 0.3) is 5.56 Å². The first-order valence-electron chi connectivity index (χ1n) is 5.34. The van der Waals surface area contributed by atoms with Crippen molar-refractivity contribution in [3.8, 4) is 11.1 Å². The highest BCUT2D eigenvalue weighted by atomic mass is 79.9. The summed E-state index contributed by atoms with van der Waals surface area (Å²) in [5.74, 6) is 0.202. The number of halogens is 1. The lowest BCUT2D eigenvalue weighted by Gasteiger charge is -2.18. The van der Waals surface area contributed by atoms with Crippen LogP contribution in [0.4, 0.5) is 5.95 Å². The normalized spacial score (nSPS) is 13.0. The molecule has 0 unspecified atom stereocenters. The van der Waals surface area contributed by atoms with Crippen LogP contribution in [0.5, 0.6) is 0 Å². The SMILES string of the molecule is Nc1nc2c(c(=O)n1Br)-c1ccccc1CC2. The van der Waals surface area contributed by atoms with Crippen molar-refractivity contribution in [2.45, 2.75) is 12.8 Å². The third kappa shape index (κ3) is 1.50. The van der Waals surface area contributed by atoms with E-state index in [-0.39, 0.29) is 11.5 Å². The van der Waals surface area contributed by atoms with Crippen LogP contribution in [0.3, 0.4) is 0 Å². The van der Waals surface area contributed by atoms with Crippen LogP contribution >= 0.6 is 16.1 Å². The van der Waals surface area contributed by atoms with Gasteiger partial charge in [0.1, 0.15) is 0 Å². The van der Waals surface area contributed by atoms with Crippen LogP contribution in [-0.4, -0.2) is 8.58 Å². The lowest BCUT2D eigenvalue weighted by atomic mass is 9.89. The molecule has 3 rings (SSSR count). The number of aromatic nitrogens is 2. The van der Waals surface area contributed by atoms with E-state index >= 15 is 0 Å². The summed E-state index contributed by atoms with van der Waals surface area (Å²) in [6, 6.07) is 7.93. The van der Waals surface area contributed by atoms with Crippen molar-refractivity contribution in [1.82, 2.24) is 8.58 Å². The second kappa shape index (κ2) is 3.70. The molecule has 0 saturated carbocycles. The minimum atomic E-state index is -0.139. The number of anilines is 1. The maximum atomic E-state index is 12.2. The Bertz CT molecular complexity index is 663. The first-order chi connectivity index (χ1) is 8.18. The first-order valence-corrected chi connectivity index (χ1v) is 6.05. The fourth-order valence-corrected chi connectivity index (χ4v) is 2.51. The standard InChI is InChI=1S/C12H10BrN3O/c13-16-11(17)10-8-4-2-1-3-7(8)5-6-9(10)15-12(16)14/h1-4H,5-6H2,(H2,14,15). The maximum absolute atomic E-state index is 12.2. The van der Waals surface area contributed by atoms with Crippen LogP contribution < -0.4 is 11.3 Å². The Labute approximate surface area is 106 Å². The fraction of sp³-hybridized carbons (Fsp3) is 0.167. The van der Waals surface area contributed by atoms with Gasteiger partial charge in [0.2, 0.25) is 5.95 Å². The number of aryl methyl sites for hydroxylation is 2.